The minimum absolute atomic E-state index is 0.440. The quantitative estimate of drug-likeness (QED) is 0.818. The van der Waals surface area contributed by atoms with Gasteiger partial charge in [-0.1, -0.05) is 24.9 Å². The normalized spacial score (nSPS) is 26.4. The highest BCUT2D eigenvalue weighted by atomic mass is 35.5. The Morgan fingerprint density at radius 1 is 1.36 bits per heavy atom. The van der Waals surface area contributed by atoms with Crippen molar-refractivity contribution in [2.45, 2.75) is 32.2 Å². The van der Waals surface area contributed by atoms with Crippen LogP contribution in [0.15, 0.2) is 12.1 Å². The van der Waals surface area contributed by atoms with Crippen molar-refractivity contribution >= 4 is 17.4 Å². The molecule has 1 aromatic heterocycles. The minimum atomic E-state index is 0.440. The maximum atomic E-state index is 5.66. The second-order valence-corrected chi connectivity index (χ2v) is 4.29. The zero-order chi connectivity index (χ0) is 9.97. The number of halogens is 1. The van der Waals surface area contributed by atoms with Gasteiger partial charge in [0.15, 0.2) is 5.15 Å². The fraction of sp³-hybridized carbons (Fsp3) is 0.600. The summed E-state index contributed by atoms with van der Waals surface area (Å²) in [6, 6.07) is 4.18. The molecule has 1 aliphatic rings. The van der Waals surface area contributed by atoms with Gasteiger partial charge in [0.25, 0.3) is 0 Å². The first-order valence-electron chi connectivity index (χ1n) is 5.01. The summed E-state index contributed by atoms with van der Waals surface area (Å²) in [5.74, 6) is 1.56. The van der Waals surface area contributed by atoms with Crippen LogP contribution < -0.4 is 5.32 Å². The summed E-state index contributed by atoms with van der Waals surface area (Å²) in [6.45, 7) is 2.27. The summed E-state index contributed by atoms with van der Waals surface area (Å²) >= 11 is 5.66. The molecule has 1 aromatic rings. The van der Waals surface area contributed by atoms with Gasteiger partial charge < -0.3 is 5.32 Å². The highest BCUT2D eigenvalue weighted by Crippen LogP contribution is 2.27. The predicted octanol–water partition coefficient (Wildman–Crippen LogP) is 2.73. The van der Waals surface area contributed by atoms with E-state index in [1.54, 1.807) is 6.07 Å². The van der Waals surface area contributed by atoms with Gasteiger partial charge in [-0.3, -0.25) is 0 Å². The molecule has 0 aromatic carbocycles. The van der Waals surface area contributed by atoms with Crippen LogP contribution in [0.3, 0.4) is 0 Å². The number of anilines is 1. The van der Waals surface area contributed by atoms with Crippen molar-refractivity contribution in [3.8, 4) is 0 Å². The van der Waals surface area contributed by atoms with Crippen molar-refractivity contribution in [2.75, 3.05) is 5.32 Å². The molecule has 2 atom stereocenters. The van der Waals surface area contributed by atoms with Gasteiger partial charge in [-0.25, -0.2) is 0 Å². The Morgan fingerprint density at radius 2 is 2.21 bits per heavy atom. The maximum Gasteiger partial charge on any atom is 0.151 e. The van der Waals surface area contributed by atoms with E-state index < -0.39 is 0 Å². The largest absolute Gasteiger partial charge is 0.366 e. The molecule has 0 radical (unpaired) electrons. The van der Waals surface area contributed by atoms with Gasteiger partial charge in [0.1, 0.15) is 5.82 Å². The van der Waals surface area contributed by atoms with Gasteiger partial charge in [-0.15, -0.1) is 10.2 Å². The van der Waals surface area contributed by atoms with E-state index in [9.17, 15) is 0 Å². The molecular formula is C10H14ClN3. The fourth-order valence-corrected chi connectivity index (χ4v) is 2.04. The van der Waals surface area contributed by atoms with Crippen molar-refractivity contribution in [2.24, 2.45) is 5.92 Å². The number of nitrogens with one attached hydrogen (secondary N) is 1. The van der Waals surface area contributed by atoms with E-state index in [-0.39, 0.29) is 0 Å². The number of rotatable bonds is 2. The average molecular weight is 212 g/mol. The van der Waals surface area contributed by atoms with Crippen LogP contribution in [0.2, 0.25) is 5.15 Å². The Kier molecular flexibility index (Phi) is 2.87. The van der Waals surface area contributed by atoms with Crippen molar-refractivity contribution in [1.29, 1.82) is 0 Å². The molecule has 1 aliphatic carbocycles. The zero-order valence-corrected chi connectivity index (χ0v) is 8.96. The summed E-state index contributed by atoms with van der Waals surface area (Å²) in [4.78, 5) is 0. The van der Waals surface area contributed by atoms with E-state index in [0.29, 0.717) is 11.2 Å². The van der Waals surface area contributed by atoms with E-state index >= 15 is 0 Å². The molecule has 1 N–H and O–H groups in total. The Bertz CT molecular complexity index is 299. The molecule has 0 amide bonds. The molecule has 0 spiro atoms. The van der Waals surface area contributed by atoms with Crippen molar-refractivity contribution in [1.82, 2.24) is 10.2 Å². The third-order valence-corrected chi connectivity index (χ3v) is 3.03. The van der Waals surface area contributed by atoms with Crippen LogP contribution in [0.4, 0.5) is 5.82 Å². The topological polar surface area (TPSA) is 37.8 Å². The number of nitrogens with zero attached hydrogens (tertiary/aromatic N) is 2. The molecule has 14 heavy (non-hydrogen) atoms. The lowest BCUT2D eigenvalue weighted by Gasteiger charge is -2.17. The predicted molar refractivity (Wildman–Crippen MR) is 57.5 cm³/mol. The van der Waals surface area contributed by atoms with Gasteiger partial charge in [0.2, 0.25) is 0 Å². The maximum absolute atomic E-state index is 5.66. The van der Waals surface area contributed by atoms with Crippen LogP contribution in [0.1, 0.15) is 26.2 Å². The molecule has 0 aliphatic heterocycles. The SMILES string of the molecule is CC1CCCC1Nc1ccc(Cl)nn1. The third-order valence-electron chi connectivity index (χ3n) is 2.83. The zero-order valence-electron chi connectivity index (χ0n) is 8.20. The van der Waals surface area contributed by atoms with Gasteiger partial charge in [0, 0.05) is 6.04 Å². The molecule has 76 valence electrons. The van der Waals surface area contributed by atoms with E-state index in [2.05, 4.69) is 22.4 Å². The van der Waals surface area contributed by atoms with E-state index in [1.807, 2.05) is 6.07 Å². The van der Waals surface area contributed by atoms with Gasteiger partial charge >= 0.3 is 0 Å². The van der Waals surface area contributed by atoms with Crippen LogP contribution in [-0.2, 0) is 0 Å². The molecule has 3 nitrogen and oxygen atoms in total. The monoisotopic (exact) mass is 211 g/mol. The molecule has 1 fully saturated rings. The highest BCUT2D eigenvalue weighted by Gasteiger charge is 2.23. The van der Waals surface area contributed by atoms with Crippen LogP contribution in [0.5, 0.6) is 0 Å². The Balaban J connectivity index is 2.00. The minimum Gasteiger partial charge on any atom is -0.366 e. The van der Waals surface area contributed by atoms with E-state index in [4.69, 9.17) is 11.6 Å². The molecule has 0 saturated heterocycles. The van der Waals surface area contributed by atoms with E-state index in [1.165, 1.54) is 19.3 Å². The lowest BCUT2D eigenvalue weighted by Crippen LogP contribution is -2.22. The molecule has 2 unspecified atom stereocenters. The summed E-state index contributed by atoms with van der Waals surface area (Å²) in [5.41, 5.74) is 0. The van der Waals surface area contributed by atoms with Crippen LogP contribution in [0, 0.1) is 5.92 Å². The summed E-state index contributed by atoms with van der Waals surface area (Å²) in [7, 11) is 0. The molecule has 1 saturated carbocycles. The fourth-order valence-electron chi connectivity index (χ4n) is 1.94. The highest BCUT2D eigenvalue weighted by molar-refractivity contribution is 6.29. The number of aromatic nitrogens is 2. The third kappa shape index (κ3) is 2.15. The lowest BCUT2D eigenvalue weighted by molar-refractivity contribution is 0.554. The first kappa shape index (κ1) is 9.71. The van der Waals surface area contributed by atoms with Crippen LogP contribution >= 0.6 is 11.6 Å². The number of hydrogen-bond acceptors (Lipinski definition) is 3. The van der Waals surface area contributed by atoms with E-state index in [0.717, 1.165) is 11.7 Å². The second kappa shape index (κ2) is 4.13. The molecule has 2 rings (SSSR count). The number of hydrogen-bond donors (Lipinski definition) is 1. The summed E-state index contributed by atoms with van der Waals surface area (Å²) in [6.07, 6.45) is 3.84. The Hall–Kier alpha value is -0.830. The first-order chi connectivity index (χ1) is 6.75. The Morgan fingerprint density at radius 3 is 2.79 bits per heavy atom. The van der Waals surface area contributed by atoms with Gasteiger partial charge in [0.05, 0.1) is 0 Å². The van der Waals surface area contributed by atoms with Crippen LogP contribution in [0.25, 0.3) is 0 Å². The standard InChI is InChI=1S/C10H14ClN3/c1-7-3-2-4-8(7)12-10-6-5-9(11)13-14-10/h5-8H,2-4H2,1H3,(H,12,14). The molecule has 0 bridgehead atoms. The molecule has 1 heterocycles. The summed E-state index contributed by atoms with van der Waals surface area (Å²) < 4.78 is 0. The van der Waals surface area contributed by atoms with Crippen LogP contribution in [-0.4, -0.2) is 16.2 Å². The smallest absolute Gasteiger partial charge is 0.151 e. The van der Waals surface area contributed by atoms with Gasteiger partial charge in [-0.2, -0.15) is 0 Å². The average Bonchev–Trinajstić information content (AvgIpc) is 2.56. The second-order valence-electron chi connectivity index (χ2n) is 3.90. The van der Waals surface area contributed by atoms with Crippen molar-refractivity contribution in [3.05, 3.63) is 17.3 Å². The Labute approximate surface area is 88.9 Å². The lowest BCUT2D eigenvalue weighted by atomic mass is 10.1. The summed E-state index contributed by atoms with van der Waals surface area (Å²) in [5, 5.41) is 11.6. The molecular weight excluding hydrogens is 198 g/mol. The molecule has 4 heteroatoms. The first-order valence-corrected chi connectivity index (χ1v) is 5.39. The van der Waals surface area contributed by atoms with Gasteiger partial charge in [-0.05, 0) is 30.9 Å². The van der Waals surface area contributed by atoms with Crippen molar-refractivity contribution in [3.63, 3.8) is 0 Å². The van der Waals surface area contributed by atoms with Crippen molar-refractivity contribution < 1.29 is 0 Å².